The highest BCUT2D eigenvalue weighted by Crippen LogP contribution is 2.17. The maximum atomic E-state index is 12.0. The molecule has 2 rings (SSSR count). The van der Waals surface area contributed by atoms with Crippen molar-refractivity contribution in [2.45, 2.75) is 18.2 Å². The maximum absolute atomic E-state index is 12.0. The Labute approximate surface area is 144 Å². The third-order valence-electron chi connectivity index (χ3n) is 3.13. The molecular formula is C17H16O7S. The molecule has 0 aromatic heterocycles. The van der Waals surface area contributed by atoms with Gasteiger partial charge < -0.3 is 9.47 Å². The molecular weight excluding hydrogens is 348 g/mol. The van der Waals surface area contributed by atoms with Gasteiger partial charge in [-0.25, -0.2) is 9.59 Å². The second-order valence-electron chi connectivity index (χ2n) is 5.05. The molecule has 7 nitrogen and oxygen atoms in total. The molecule has 0 radical (unpaired) electrons. The van der Waals surface area contributed by atoms with Crippen molar-refractivity contribution in [1.82, 2.24) is 0 Å². The molecule has 25 heavy (non-hydrogen) atoms. The Balaban J connectivity index is 2.04. The minimum atomic E-state index is -4.30. The molecule has 0 atom stereocenters. The van der Waals surface area contributed by atoms with E-state index in [1.807, 2.05) is 6.92 Å². The fourth-order valence-electron chi connectivity index (χ4n) is 1.87. The molecule has 0 unspecified atom stereocenters. The number of hydrogen-bond acceptors (Lipinski definition) is 6. The number of benzene rings is 2. The summed E-state index contributed by atoms with van der Waals surface area (Å²) in [5.74, 6) is -1.03. The van der Waals surface area contributed by atoms with Gasteiger partial charge in [-0.2, -0.15) is 8.42 Å². The molecule has 0 aliphatic carbocycles. The molecule has 0 fully saturated rings. The summed E-state index contributed by atoms with van der Waals surface area (Å²) in [5, 5.41) is 0. The van der Waals surface area contributed by atoms with Crippen LogP contribution in [0.5, 0.6) is 5.75 Å². The van der Waals surface area contributed by atoms with Crippen molar-refractivity contribution in [2.24, 2.45) is 0 Å². The summed E-state index contributed by atoms with van der Waals surface area (Å²) < 4.78 is 40.9. The first-order valence-corrected chi connectivity index (χ1v) is 8.82. The third-order valence-corrected chi connectivity index (χ3v) is 3.99. The van der Waals surface area contributed by atoms with Gasteiger partial charge in [0, 0.05) is 0 Å². The van der Waals surface area contributed by atoms with Gasteiger partial charge in [0.15, 0.2) is 0 Å². The molecule has 0 amide bonds. The van der Waals surface area contributed by atoms with Gasteiger partial charge in [-0.3, -0.25) is 4.55 Å². The Bertz CT molecular complexity index is 853. The van der Waals surface area contributed by atoms with Crippen LogP contribution in [0, 0.1) is 0 Å². The SMILES string of the molecule is CCCOC(=O)c1ccc(C(=O)Oc2ccc(S(=O)(=O)O)cc2)cc1. The number of carbonyl (C=O) groups is 2. The summed E-state index contributed by atoms with van der Waals surface area (Å²) in [5.41, 5.74) is 0.536. The average Bonchev–Trinajstić information content (AvgIpc) is 2.59. The monoisotopic (exact) mass is 364 g/mol. The minimum Gasteiger partial charge on any atom is -0.462 e. The predicted octanol–water partition coefficient (Wildman–Crippen LogP) is 2.72. The van der Waals surface area contributed by atoms with Gasteiger partial charge in [0.1, 0.15) is 5.75 Å². The normalized spacial score (nSPS) is 11.0. The topological polar surface area (TPSA) is 107 Å². The molecule has 0 bridgehead atoms. The lowest BCUT2D eigenvalue weighted by molar-refractivity contribution is 0.0504. The molecule has 0 spiro atoms. The first kappa shape index (κ1) is 18.6. The van der Waals surface area contributed by atoms with Gasteiger partial charge >= 0.3 is 11.9 Å². The Morgan fingerprint density at radius 2 is 1.44 bits per heavy atom. The third kappa shape index (κ3) is 5.13. The summed E-state index contributed by atoms with van der Waals surface area (Å²) in [6.07, 6.45) is 0.715. The summed E-state index contributed by atoms with van der Waals surface area (Å²) in [4.78, 5) is 23.4. The largest absolute Gasteiger partial charge is 0.462 e. The van der Waals surface area contributed by atoms with E-state index in [0.717, 1.165) is 12.1 Å². The van der Waals surface area contributed by atoms with E-state index in [1.165, 1.54) is 36.4 Å². The van der Waals surface area contributed by atoms with Crippen molar-refractivity contribution in [3.63, 3.8) is 0 Å². The van der Waals surface area contributed by atoms with Crippen LogP contribution in [-0.4, -0.2) is 31.5 Å². The molecule has 0 aliphatic rings. The van der Waals surface area contributed by atoms with E-state index in [1.54, 1.807) is 0 Å². The van der Waals surface area contributed by atoms with Gasteiger partial charge in [0.2, 0.25) is 0 Å². The van der Waals surface area contributed by atoms with Crippen LogP contribution in [0.3, 0.4) is 0 Å². The van der Waals surface area contributed by atoms with Crippen molar-refractivity contribution in [2.75, 3.05) is 6.61 Å². The van der Waals surface area contributed by atoms with Gasteiger partial charge in [0.05, 0.1) is 22.6 Å². The number of hydrogen-bond donors (Lipinski definition) is 1. The van der Waals surface area contributed by atoms with Crippen LogP contribution >= 0.6 is 0 Å². The fraction of sp³-hybridized carbons (Fsp3) is 0.176. The smallest absolute Gasteiger partial charge is 0.343 e. The second-order valence-corrected chi connectivity index (χ2v) is 6.47. The number of esters is 2. The zero-order chi connectivity index (χ0) is 18.4. The van der Waals surface area contributed by atoms with Crippen molar-refractivity contribution < 1.29 is 32.0 Å². The highest BCUT2D eigenvalue weighted by Gasteiger charge is 2.13. The summed E-state index contributed by atoms with van der Waals surface area (Å²) in [6.45, 7) is 2.21. The van der Waals surface area contributed by atoms with Crippen LogP contribution in [0.1, 0.15) is 34.1 Å². The predicted molar refractivity (Wildman–Crippen MR) is 88.2 cm³/mol. The highest BCUT2D eigenvalue weighted by molar-refractivity contribution is 7.85. The van der Waals surface area contributed by atoms with Crippen molar-refractivity contribution in [3.8, 4) is 5.75 Å². The number of carbonyl (C=O) groups excluding carboxylic acids is 2. The van der Waals surface area contributed by atoms with E-state index >= 15 is 0 Å². The molecule has 1 N–H and O–H groups in total. The minimum absolute atomic E-state index is 0.115. The lowest BCUT2D eigenvalue weighted by Gasteiger charge is -2.06. The average molecular weight is 364 g/mol. The van der Waals surface area contributed by atoms with Crippen LogP contribution in [-0.2, 0) is 14.9 Å². The molecule has 0 saturated heterocycles. The Hall–Kier alpha value is -2.71. The molecule has 2 aromatic rings. The van der Waals surface area contributed by atoms with Gasteiger partial charge in [0.25, 0.3) is 10.1 Å². The van der Waals surface area contributed by atoms with Crippen LogP contribution in [0.4, 0.5) is 0 Å². The quantitative estimate of drug-likeness (QED) is 0.477. The van der Waals surface area contributed by atoms with E-state index in [2.05, 4.69) is 0 Å². The number of ether oxygens (including phenoxy) is 2. The van der Waals surface area contributed by atoms with Crippen LogP contribution < -0.4 is 4.74 Å². The molecule has 0 aliphatic heterocycles. The fourth-order valence-corrected chi connectivity index (χ4v) is 2.35. The zero-order valence-electron chi connectivity index (χ0n) is 13.3. The van der Waals surface area contributed by atoms with Gasteiger partial charge in [-0.1, -0.05) is 6.92 Å². The Kier molecular flexibility index (Phi) is 5.89. The Morgan fingerprint density at radius 3 is 1.92 bits per heavy atom. The first-order chi connectivity index (χ1) is 11.8. The lowest BCUT2D eigenvalue weighted by atomic mass is 10.1. The van der Waals surface area contributed by atoms with Crippen LogP contribution in [0.15, 0.2) is 53.4 Å². The Morgan fingerprint density at radius 1 is 0.920 bits per heavy atom. The van der Waals surface area contributed by atoms with E-state index in [0.29, 0.717) is 18.6 Å². The standard InChI is InChI=1S/C17H16O7S/c1-2-11-23-16(18)12-3-5-13(6-4-12)17(19)24-14-7-9-15(10-8-14)25(20,21)22/h3-10H,2,11H2,1H3,(H,20,21,22). The van der Waals surface area contributed by atoms with E-state index in [9.17, 15) is 18.0 Å². The van der Waals surface area contributed by atoms with Crippen molar-refractivity contribution in [3.05, 3.63) is 59.7 Å². The van der Waals surface area contributed by atoms with E-state index in [-0.39, 0.29) is 16.2 Å². The van der Waals surface area contributed by atoms with Crippen molar-refractivity contribution >= 4 is 22.1 Å². The van der Waals surface area contributed by atoms with Crippen molar-refractivity contribution in [1.29, 1.82) is 0 Å². The summed E-state index contributed by atoms with van der Waals surface area (Å²) in [7, 11) is -4.30. The zero-order valence-corrected chi connectivity index (χ0v) is 14.2. The maximum Gasteiger partial charge on any atom is 0.343 e. The molecule has 0 saturated carbocycles. The first-order valence-electron chi connectivity index (χ1n) is 7.38. The highest BCUT2D eigenvalue weighted by atomic mass is 32.2. The molecule has 0 heterocycles. The number of rotatable bonds is 6. The van der Waals surface area contributed by atoms with Gasteiger partial charge in [-0.05, 0) is 55.0 Å². The van der Waals surface area contributed by atoms with Crippen LogP contribution in [0.2, 0.25) is 0 Å². The van der Waals surface area contributed by atoms with E-state index < -0.39 is 22.1 Å². The second kappa shape index (κ2) is 7.91. The summed E-state index contributed by atoms with van der Waals surface area (Å²) >= 11 is 0. The van der Waals surface area contributed by atoms with E-state index in [4.69, 9.17) is 14.0 Å². The van der Waals surface area contributed by atoms with Gasteiger partial charge in [-0.15, -0.1) is 0 Å². The van der Waals surface area contributed by atoms with Crippen LogP contribution in [0.25, 0.3) is 0 Å². The lowest BCUT2D eigenvalue weighted by Crippen LogP contribution is -2.10. The molecule has 132 valence electrons. The summed E-state index contributed by atoms with van der Waals surface area (Å²) in [6, 6.07) is 10.5. The molecule has 8 heteroatoms. The molecule has 2 aromatic carbocycles.